The van der Waals surface area contributed by atoms with Gasteiger partial charge in [-0.3, -0.25) is 19.5 Å². The highest BCUT2D eigenvalue weighted by Gasteiger charge is 2.43. The fourth-order valence-electron chi connectivity index (χ4n) is 6.58. The molecule has 3 fully saturated rings. The van der Waals surface area contributed by atoms with Crippen LogP contribution in [0.1, 0.15) is 24.4 Å². The summed E-state index contributed by atoms with van der Waals surface area (Å²) in [5.74, 6) is 2.14. The smallest absolute Gasteiger partial charge is 0.253 e. The van der Waals surface area contributed by atoms with E-state index in [0.29, 0.717) is 17.8 Å². The average molecular weight is 535 g/mol. The SMILES string of the molecule is C=C[C@H]1CN2CC[C@H]1C[C@H]2[C@@H](Nc1c(Nc2nc3ccccc3[nH]2)c(=O)c1=O)c1ccnc2ccc(OC)cc12. The summed E-state index contributed by atoms with van der Waals surface area (Å²) in [6.07, 6.45) is 5.97. The number of piperidine rings is 3. The van der Waals surface area contributed by atoms with Gasteiger partial charge in [0, 0.05) is 24.2 Å². The number of fused-ring (bicyclic) bond motifs is 5. The summed E-state index contributed by atoms with van der Waals surface area (Å²) in [5.41, 5.74) is 2.90. The van der Waals surface area contributed by atoms with E-state index < -0.39 is 10.9 Å². The molecule has 3 aliphatic heterocycles. The van der Waals surface area contributed by atoms with Gasteiger partial charge in [0.05, 0.1) is 29.7 Å². The number of nitrogens with zero attached hydrogens (tertiary/aromatic N) is 3. The topological polar surface area (TPSA) is 112 Å². The van der Waals surface area contributed by atoms with Crippen molar-refractivity contribution in [1.82, 2.24) is 19.9 Å². The number of anilines is 3. The highest BCUT2D eigenvalue weighted by atomic mass is 16.5. The summed E-state index contributed by atoms with van der Waals surface area (Å²) in [6, 6.07) is 15.3. The van der Waals surface area contributed by atoms with Crippen molar-refractivity contribution < 1.29 is 4.74 Å². The molecule has 40 heavy (non-hydrogen) atoms. The maximum Gasteiger partial charge on any atom is 0.253 e. The largest absolute Gasteiger partial charge is 0.497 e. The number of H-pyrrole nitrogens is 1. The lowest BCUT2D eigenvalue weighted by atomic mass is 9.73. The molecule has 3 aliphatic rings. The summed E-state index contributed by atoms with van der Waals surface area (Å²) in [6.45, 7) is 5.99. The van der Waals surface area contributed by atoms with E-state index in [4.69, 9.17) is 4.74 Å². The molecule has 3 saturated heterocycles. The second kappa shape index (κ2) is 9.60. The van der Waals surface area contributed by atoms with Crippen LogP contribution in [0.3, 0.4) is 0 Å². The third kappa shape index (κ3) is 3.96. The fraction of sp³-hybridized carbons (Fsp3) is 0.290. The molecule has 5 atom stereocenters. The summed E-state index contributed by atoms with van der Waals surface area (Å²) in [7, 11) is 1.65. The molecule has 9 heteroatoms. The molecule has 0 amide bonds. The van der Waals surface area contributed by atoms with Crippen molar-refractivity contribution >= 4 is 39.3 Å². The molecule has 202 valence electrons. The third-order valence-electron chi connectivity index (χ3n) is 8.70. The normalized spacial score (nSPS) is 22.9. The molecule has 2 aromatic heterocycles. The Kier molecular flexibility index (Phi) is 5.89. The number of benzene rings is 2. The van der Waals surface area contributed by atoms with E-state index in [-0.39, 0.29) is 23.5 Å². The van der Waals surface area contributed by atoms with Gasteiger partial charge in [0.2, 0.25) is 5.95 Å². The monoisotopic (exact) mass is 534 g/mol. The maximum absolute atomic E-state index is 13.0. The average Bonchev–Trinajstić information content (AvgIpc) is 3.43. The zero-order valence-corrected chi connectivity index (χ0v) is 22.2. The quantitative estimate of drug-likeness (QED) is 0.197. The van der Waals surface area contributed by atoms with E-state index in [1.54, 1.807) is 13.3 Å². The van der Waals surface area contributed by atoms with Gasteiger partial charge in [-0.1, -0.05) is 18.2 Å². The molecule has 0 saturated carbocycles. The number of ether oxygens (including phenoxy) is 1. The molecule has 0 radical (unpaired) electrons. The second-order valence-corrected chi connectivity index (χ2v) is 10.8. The number of nitrogens with one attached hydrogen (secondary N) is 3. The molecule has 3 N–H and O–H groups in total. The molecule has 5 heterocycles. The summed E-state index contributed by atoms with van der Waals surface area (Å²) in [5, 5.41) is 7.58. The lowest BCUT2D eigenvalue weighted by molar-refractivity contribution is 0.0105. The predicted molar refractivity (Wildman–Crippen MR) is 157 cm³/mol. The highest BCUT2D eigenvalue weighted by Crippen LogP contribution is 2.44. The standard InChI is InChI=1S/C31H30N6O3/c1-3-17-16-37-13-11-18(17)14-25(37)26(20-10-12-32-22-9-8-19(40-2)15-21(20)22)35-27-28(30(39)29(27)38)36-31-33-23-6-4-5-7-24(23)34-31/h3-10,12,15,17-18,25-26,35H,1,11,13-14,16H2,2H3,(H2,33,34,36)/t17-,18-,25-,26-/m0/s1. The number of hydrogen-bond donors (Lipinski definition) is 3. The molecule has 0 aliphatic carbocycles. The molecular weight excluding hydrogens is 504 g/mol. The van der Waals surface area contributed by atoms with Crippen LogP contribution < -0.4 is 26.2 Å². The molecule has 9 nitrogen and oxygen atoms in total. The second-order valence-electron chi connectivity index (χ2n) is 10.8. The van der Waals surface area contributed by atoms with Gasteiger partial charge in [-0.2, -0.15) is 0 Å². The van der Waals surface area contributed by atoms with Crippen LogP contribution in [0.25, 0.3) is 21.9 Å². The minimum absolute atomic E-state index is 0.121. The Hall–Kier alpha value is -4.50. The first-order valence-electron chi connectivity index (χ1n) is 13.6. The Morgan fingerprint density at radius 1 is 1.12 bits per heavy atom. The van der Waals surface area contributed by atoms with Crippen molar-refractivity contribution in [2.75, 3.05) is 30.8 Å². The first kappa shape index (κ1) is 24.5. The number of rotatable bonds is 8. The maximum atomic E-state index is 13.0. The number of aromatic nitrogens is 3. The van der Waals surface area contributed by atoms with E-state index >= 15 is 0 Å². The van der Waals surface area contributed by atoms with Crippen LogP contribution in [-0.2, 0) is 0 Å². The Morgan fingerprint density at radius 3 is 2.75 bits per heavy atom. The van der Waals surface area contributed by atoms with Gasteiger partial charge in [-0.05, 0) is 73.2 Å². The Balaban J connectivity index is 1.30. The van der Waals surface area contributed by atoms with Gasteiger partial charge in [0.25, 0.3) is 10.9 Å². The van der Waals surface area contributed by atoms with Crippen molar-refractivity contribution in [2.24, 2.45) is 11.8 Å². The van der Waals surface area contributed by atoms with Gasteiger partial charge in [-0.25, -0.2) is 4.98 Å². The molecule has 1 unspecified atom stereocenters. The van der Waals surface area contributed by atoms with Crippen LogP contribution in [0.2, 0.25) is 0 Å². The van der Waals surface area contributed by atoms with Crippen LogP contribution in [0, 0.1) is 11.8 Å². The van der Waals surface area contributed by atoms with Crippen molar-refractivity contribution in [3.63, 3.8) is 0 Å². The zero-order chi connectivity index (χ0) is 27.4. The van der Waals surface area contributed by atoms with Crippen LogP contribution in [0.4, 0.5) is 17.3 Å². The minimum Gasteiger partial charge on any atom is -0.497 e. The molecular formula is C31H30N6O3. The lowest BCUT2D eigenvalue weighted by Gasteiger charge is -2.52. The van der Waals surface area contributed by atoms with Gasteiger partial charge in [0.1, 0.15) is 17.1 Å². The van der Waals surface area contributed by atoms with E-state index in [9.17, 15) is 9.59 Å². The number of pyridine rings is 1. The zero-order valence-electron chi connectivity index (χ0n) is 22.2. The molecule has 0 spiro atoms. The number of hydrogen-bond acceptors (Lipinski definition) is 8. The molecule has 3 aromatic carbocycles. The van der Waals surface area contributed by atoms with Gasteiger partial charge in [0.15, 0.2) is 0 Å². The Bertz CT molecular complexity index is 1790. The first-order valence-corrected chi connectivity index (χ1v) is 13.6. The van der Waals surface area contributed by atoms with Gasteiger partial charge in [-0.15, -0.1) is 6.58 Å². The van der Waals surface area contributed by atoms with Crippen LogP contribution in [-0.4, -0.2) is 46.1 Å². The number of para-hydroxylation sites is 2. The number of methoxy groups -OCH3 is 1. The van der Waals surface area contributed by atoms with E-state index in [0.717, 1.165) is 59.2 Å². The van der Waals surface area contributed by atoms with Crippen molar-refractivity contribution in [3.8, 4) is 5.75 Å². The van der Waals surface area contributed by atoms with E-state index in [1.165, 1.54) is 0 Å². The minimum atomic E-state index is -0.555. The van der Waals surface area contributed by atoms with Crippen LogP contribution in [0.5, 0.6) is 5.75 Å². The predicted octanol–water partition coefficient (Wildman–Crippen LogP) is 4.51. The molecule has 2 bridgehead atoms. The van der Waals surface area contributed by atoms with Crippen LogP contribution in [0.15, 0.2) is 77.0 Å². The van der Waals surface area contributed by atoms with Crippen molar-refractivity contribution in [1.29, 1.82) is 0 Å². The van der Waals surface area contributed by atoms with Gasteiger partial charge < -0.3 is 20.4 Å². The van der Waals surface area contributed by atoms with E-state index in [1.807, 2.05) is 48.5 Å². The van der Waals surface area contributed by atoms with Gasteiger partial charge >= 0.3 is 0 Å². The third-order valence-corrected chi connectivity index (χ3v) is 8.70. The fourth-order valence-corrected chi connectivity index (χ4v) is 6.58. The van der Waals surface area contributed by atoms with Crippen LogP contribution >= 0.6 is 0 Å². The Morgan fingerprint density at radius 2 is 1.98 bits per heavy atom. The summed E-state index contributed by atoms with van der Waals surface area (Å²) in [4.78, 5) is 40.6. The summed E-state index contributed by atoms with van der Waals surface area (Å²) < 4.78 is 5.54. The number of aromatic amines is 1. The van der Waals surface area contributed by atoms with Crippen molar-refractivity contribution in [2.45, 2.75) is 24.9 Å². The van der Waals surface area contributed by atoms with E-state index in [2.05, 4.69) is 43.1 Å². The summed E-state index contributed by atoms with van der Waals surface area (Å²) >= 11 is 0. The molecule has 5 aromatic rings. The molecule has 8 rings (SSSR count). The van der Waals surface area contributed by atoms with Crippen molar-refractivity contribution in [3.05, 3.63) is 93.4 Å². The number of imidazole rings is 1. The highest BCUT2D eigenvalue weighted by molar-refractivity contribution is 5.86. The lowest BCUT2D eigenvalue weighted by Crippen LogP contribution is -2.56. The Labute approximate surface area is 230 Å². The first-order chi connectivity index (χ1) is 19.5.